The number of hydrogen-bond acceptors (Lipinski definition) is 13. The van der Waals surface area contributed by atoms with Gasteiger partial charge in [-0.3, -0.25) is 29.9 Å². The Labute approximate surface area is 501 Å². The van der Waals surface area contributed by atoms with Crippen molar-refractivity contribution < 1.29 is 24.8 Å². The van der Waals surface area contributed by atoms with Gasteiger partial charge in [0.05, 0.1) is 45.2 Å². The Morgan fingerprint density at radius 1 is 0.500 bits per heavy atom. The van der Waals surface area contributed by atoms with Gasteiger partial charge in [-0.05, 0) is 202 Å². The lowest BCUT2D eigenvalue weighted by Gasteiger charge is -2.28. The molecule has 0 aromatic carbocycles. The van der Waals surface area contributed by atoms with E-state index in [0.29, 0.717) is 37.5 Å². The molecule has 8 heterocycles. The van der Waals surface area contributed by atoms with E-state index < -0.39 is 0 Å². The van der Waals surface area contributed by atoms with Gasteiger partial charge in [-0.25, -0.2) is 0 Å². The average Bonchev–Trinajstić information content (AvgIpc) is 3.53. The minimum atomic E-state index is 0.0586. The zero-order chi connectivity index (χ0) is 61.3. The second-order valence-corrected chi connectivity index (χ2v) is 16.8. The van der Waals surface area contributed by atoms with Crippen LogP contribution in [0.5, 0.6) is 0 Å². The largest absolute Gasteiger partial charge is 0.392 e. The first-order valence-corrected chi connectivity index (χ1v) is 29.1. The van der Waals surface area contributed by atoms with E-state index in [2.05, 4.69) is 139 Å². The molecule has 6 aromatic heterocycles. The number of aliphatic hydroxyl groups is 3. The Morgan fingerprint density at radius 3 is 0.988 bits per heavy atom. The van der Waals surface area contributed by atoms with Crippen molar-refractivity contribution in [1.29, 1.82) is 0 Å². The summed E-state index contributed by atoms with van der Waals surface area (Å²) in [5.41, 5.74) is 6.43. The summed E-state index contributed by atoms with van der Waals surface area (Å²) in [7, 11) is 0. The summed E-state index contributed by atoms with van der Waals surface area (Å²) in [6, 6.07) is 22.1. The van der Waals surface area contributed by atoms with Gasteiger partial charge in [0.25, 0.3) is 0 Å². The predicted octanol–water partition coefficient (Wildman–Crippen LogP) is 14.8. The Balaban J connectivity index is -0.000000270. The SMILES string of the molecule is C=C.C=C.C=CC.C=CC.C=CC.CBr.CC.CC1CC(OCc2ccncc2)CCN1.CC1CC(OCc2ccncc2)CCN1.CCc1ccncc1.OCc1ccncc1.OCc1ccncc1.OCc1ccncc1Br. The molecule has 2 saturated heterocycles. The quantitative estimate of drug-likeness (QED) is 0.0646. The molecular weight excluding hydrogens is 1130 g/mol. The molecule has 0 bridgehead atoms. The first-order chi connectivity index (χ1) is 39.1. The van der Waals surface area contributed by atoms with E-state index in [1.165, 1.54) is 16.7 Å². The van der Waals surface area contributed by atoms with E-state index in [1.54, 1.807) is 85.7 Å². The van der Waals surface area contributed by atoms with Gasteiger partial charge >= 0.3 is 0 Å². The highest BCUT2D eigenvalue weighted by atomic mass is 79.9. The standard InChI is InChI=1S/2C12H18N2O.C7H9N.C6H6BrNO.2C6H7NO.3C3H6.C2H6.2C2H4.CH3Br/c2*1-10-8-12(4-7-14-10)15-9-11-2-5-13-6-3-11;1-2-7-3-5-8-6-4-7;7-6-3-8-2-1-5(6)4-9;2*8-5-6-1-3-7-4-2-6;3*1-3-2;4*1-2/h2*2-3,5-6,10,12,14H,4,7-9H2,1H3;3-6H,2H2,1H3;1-3,9H,4H2;2*1-4,8H,5H2;3*3H,1H2,2H3;1-2H3;2*1-2H2;1H3. The van der Waals surface area contributed by atoms with Gasteiger partial charge < -0.3 is 35.4 Å². The molecule has 6 aromatic rings. The Hall–Kier alpha value is -5.72. The third kappa shape index (κ3) is 53.0. The van der Waals surface area contributed by atoms with Crippen molar-refractivity contribution in [3.05, 3.63) is 243 Å². The van der Waals surface area contributed by atoms with Crippen molar-refractivity contribution in [2.75, 3.05) is 18.9 Å². The summed E-state index contributed by atoms with van der Waals surface area (Å²) in [5, 5.41) is 32.5. The van der Waals surface area contributed by atoms with Crippen LogP contribution in [0.2, 0.25) is 0 Å². The summed E-state index contributed by atoms with van der Waals surface area (Å²) >= 11 is 6.17. The van der Waals surface area contributed by atoms with E-state index in [9.17, 15) is 0 Å². The lowest BCUT2D eigenvalue weighted by Crippen LogP contribution is -2.39. The number of nitrogens with zero attached hydrogens (tertiary/aromatic N) is 6. The topological polar surface area (TPSA) is 181 Å². The minimum absolute atomic E-state index is 0.0586. The molecule has 0 spiro atoms. The van der Waals surface area contributed by atoms with Crippen LogP contribution in [0.25, 0.3) is 0 Å². The highest BCUT2D eigenvalue weighted by molar-refractivity contribution is 9.10. The zero-order valence-electron chi connectivity index (χ0n) is 49.9. The van der Waals surface area contributed by atoms with Crippen LogP contribution in [0.4, 0.5) is 0 Å². The second kappa shape index (κ2) is 67.6. The van der Waals surface area contributed by atoms with E-state index in [1.807, 2.05) is 114 Å². The molecule has 0 aliphatic carbocycles. The van der Waals surface area contributed by atoms with E-state index in [0.717, 1.165) is 66.4 Å². The maximum atomic E-state index is 8.66. The number of halogens is 2. The summed E-state index contributed by atoms with van der Waals surface area (Å²) in [5.74, 6) is 1.81. The van der Waals surface area contributed by atoms with Gasteiger partial charge in [-0.15, -0.1) is 46.1 Å². The third-order valence-electron chi connectivity index (χ3n) is 9.67. The van der Waals surface area contributed by atoms with Crippen LogP contribution in [0, 0.1) is 0 Å². The van der Waals surface area contributed by atoms with Crippen molar-refractivity contribution in [2.45, 2.75) is 145 Å². The molecule has 4 atom stereocenters. The number of aromatic nitrogens is 6. The Morgan fingerprint density at radius 2 is 0.775 bits per heavy atom. The second-order valence-electron chi connectivity index (χ2n) is 15.9. The molecule has 8 rings (SSSR count). The third-order valence-corrected chi connectivity index (χ3v) is 10.4. The molecule has 2 fully saturated rings. The average molecular weight is 1230 g/mol. The summed E-state index contributed by atoms with van der Waals surface area (Å²) in [4.78, 5) is 23.3. The van der Waals surface area contributed by atoms with Crippen LogP contribution >= 0.6 is 31.9 Å². The fourth-order valence-corrected chi connectivity index (χ4v) is 6.36. The van der Waals surface area contributed by atoms with Crippen LogP contribution in [-0.2, 0) is 48.9 Å². The van der Waals surface area contributed by atoms with Crippen molar-refractivity contribution in [3.63, 3.8) is 0 Å². The molecule has 2 aliphatic rings. The smallest absolute Gasteiger partial charge is 0.0721 e. The van der Waals surface area contributed by atoms with E-state index >= 15 is 0 Å². The van der Waals surface area contributed by atoms with Crippen molar-refractivity contribution >= 4 is 31.9 Å². The molecule has 80 heavy (non-hydrogen) atoms. The summed E-state index contributed by atoms with van der Waals surface area (Å²) in [6.07, 6.45) is 32.5. The fraction of sp³-hybridized carbons (Fsp3) is 0.385. The summed E-state index contributed by atoms with van der Waals surface area (Å²) < 4.78 is 12.6. The number of hydrogen-bond donors (Lipinski definition) is 5. The zero-order valence-corrected chi connectivity index (χ0v) is 53.0. The first-order valence-electron chi connectivity index (χ1n) is 26.7. The van der Waals surface area contributed by atoms with Crippen molar-refractivity contribution in [2.24, 2.45) is 0 Å². The molecular formula is C65H100Br2N8O5. The van der Waals surface area contributed by atoms with Gasteiger partial charge in [0.1, 0.15) is 0 Å². The number of rotatable bonds is 10. The molecule has 0 radical (unpaired) electrons. The van der Waals surface area contributed by atoms with Crippen molar-refractivity contribution in [3.8, 4) is 0 Å². The molecule has 13 nitrogen and oxygen atoms in total. The maximum Gasteiger partial charge on any atom is 0.0721 e. The van der Waals surface area contributed by atoms with Crippen LogP contribution in [0.3, 0.4) is 0 Å². The van der Waals surface area contributed by atoms with Gasteiger partial charge in [-0.2, -0.15) is 0 Å². The highest BCUT2D eigenvalue weighted by Crippen LogP contribution is 2.16. The van der Waals surface area contributed by atoms with Crippen LogP contribution in [0.15, 0.2) is 210 Å². The Kier molecular flexibility index (Phi) is 70.2. The normalized spacial score (nSPS) is 14.5. The molecule has 4 unspecified atom stereocenters. The number of allylic oxidation sites excluding steroid dienone is 3. The van der Waals surface area contributed by atoms with E-state index in [-0.39, 0.29) is 19.8 Å². The lowest BCUT2D eigenvalue weighted by atomic mass is 10.0. The Bertz CT molecular complexity index is 1990. The lowest BCUT2D eigenvalue weighted by molar-refractivity contribution is 0.0125. The molecule has 2 aliphatic heterocycles. The van der Waals surface area contributed by atoms with E-state index in [4.69, 9.17) is 24.8 Å². The predicted molar refractivity (Wildman–Crippen MR) is 347 cm³/mol. The first kappa shape index (κ1) is 83.1. The molecule has 5 N–H and O–H groups in total. The van der Waals surface area contributed by atoms with Gasteiger partial charge in [0.2, 0.25) is 0 Å². The monoisotopic (exact) mass is 1230 g/mol. The molecule has 0 amide bonds. The number of alkyl halides is 1. The number of piperidine rings is 2. The van der Waals surface area contributed by atoms with Gasteiger partial charge in [0, 0.05) is 90.9 Å². The fourth-order valence-electron chi connectivity index (χ4n) is 5.99. The number of aryl methyl sites for hydroxylation is 1. The number of nitrogens with one attached hydrogen (secondary N) is 2. The minimum Gasteiger partial charge on any atom is -0.392 e. The number of aliphatic hydroxyl groups excluding tert-OH is 3. The highest BCUT2D eigenvalue weighted by Gasteiger charge is 2.19. The van der Waals surface area contributed by atoms with Crippen LogP contribution in [-0.4, -0.2) is 88.4 Å². The number of ether oxygens (including phenoxy) is 2. The van der Waals surface area contributed by atoms with Crippen LogP contribution < -0.4 is 10.6 Å². The van der Waals surface area contributed by atoms with Gasteiger partial charge in [0.15, 0.2) is 0 Å². The maximum absolute atomic E-state index is 8.66. The molecule has 0 saturated carbocycles. The van der Waals surface area contributed by atoms with Crippen LogP contribution in [0.1, 0.15) is 114 Å². The van der Waals surface area contributed by atoms with Gasteiger partial charge in [-0.1, -0.05) is 54.9 Å². The summed E-state index contributed by atoms with van der Waals surface area (Å²) in [6.45, 7) is 42.1. The molecule has 444 valence electrons. The molecule has 15 heteroatoms. The van der Waals surface area contributed by atoms with Crippen molar-refractivity contribution in [1.82, 2.24) is 40.5 Å². The number of pyridine rings is 6.